The molecule has 2 atom stereocenters. The Hall–Kier alpha value is -2.17. The Balaban J connectivity index is 1.87. The molecule has 0 radical (unpaired) electrons. The average molecular weight is 338 g/mol. The number of likely N-dealkylation sites (tertiary alicyclic amines) is 1. The lowest BCUT2D eigenvalue weighted by atomic mass is 10.0. The molecule has 0 aromatic heterocycles. The van der Waals surface area contributed by atoms with Gasteiger partial charge in [-0.05, 0) is 44.1 Å². The van der Waals surface area contributed by atoms with Gasteiger partial charge in [-0.2, -0.15) is 0 Å². The van der Waals surface area contributed by atoms with Gasteiger partial charge in [-0.15, -0.1) is 0 Å². The Morgan fingerprint density at radius 3 is 2.44 bits per heavy atom. The van der Waals surface area contributed by atoms with E-state index >= 15 is 0 Å². The van der Waals surface area contributed by atoms with Crippen LogP contribution in [0.3, 0.4) is 0 Å². The zero-order valence-corrected chi connectivity index (χ0v) is 14.7. The predicted molar refractivity (Wildman–Crippen MR) is 99.3 cm³/mol. The first-order valence-corrected chi connectivity index (χ1v) is 8.90. The summed E-state index contributed by atoms with van der Waals surface area (Å²) in [6, 6.07) is 19.5. The minimum Gasteiger partial charge on any atom is -0.392 e. The van der Waals surface area contributed by atoms with Gasteiger partial charge >= 0.3 is 0 Å². The number of β-amino-alcohol motifs (C(OH)–C–C–N with tert-alkyl or cyclic N) is 1. The summed E-state index contributed by atoms with van der Waals surface area (Å²) in [6.07, 6.45) is 1.09. The SMILES string of the molecule is CN1CC[C@H](N(Cc2ccccc2)C(=O)c2ccccc2)C[C@H](O)C1. The molecule has 0 unspecified atom stereocenters. The van der Waals surface area contributed by atoms with Crippen LogP contribution in [0, 0.1) is 0 Å². The van der Waals surface area contributed by atoms with Crippen molar-refractivity contribution in [2.45, 2.75) is 31.5 Å². The van der Waals surface area contributed by atoms with Crippen molar-refractivity contribution in [3.63, 3.8) is 0 Å². The second-order valence-electron chi connectivity index (χ2n) is 6.88. The summed E-state index contributed by atoms with van der Waals surface area (Å²) in [5.41, 5.74) is 1.81. The molecule has 2 aromatic rings. The Labute approximate surface area is 149 Å². The van der Waals surface area contributed by atoms with Gasteiger partial charge in [0.25, 0.3) is 5.91 Å². The number of rotatable bonds is 4. The number of amides is 1. The number of carbonyl (C=O) groups excluding carboxylic acids is 1. The molecule has 4 nitrogen and oxygen atoms in total. The summed E-state index contributed by atoms with van der Waals surface area (Å²) in [5.74, 6) is 0.0335. The lowest BCUT2D eigenvalue weighted by Crippen LogP contribution is -2.41. The lowest BCUT2D eigenvalue weighted by molar-refractivity contribution is 0.0578. The highest BCUT2D eigenvalue weighted by atomic mass is 16.3. The fourth-order valence-corrected chi connectivity index (χ4v) is 3.50. The van der Waals surface area contributed by atoms with Crippen LogP contribution in [0.25, 0.3) is 0 Å². The molecular formula is C21H26N2O2. The van der Waals surface area contributed by atoms with E-state index in [1.807, 2.05) is 72.6 Å². The van der Waals surface area contributed by atoms with Crippen molar-refractivity contribution < 1.29 is 9.90 Å². The molecule has 3 rings (SSSR count). The number of likely N-dealkylation sites (N-methyl/N-ethyl adjacent to an activating group) is 1. The molecule has 0 spiro atoms. The van der Waals surface area contributed by atoms with Crippen LogP contribution < -0.4 is 0 Å². The number of hydrogen-bond donors (Lipinski definition) is 1. The Morgan fingerprint density at radius 1 is 1.12 bits per heavy atom. The molecule has 1 amide bonds. The third-order valence-electron chi connectivity index (χ3n) is 4.83. The minimum absolute atomic E-state index is 0.0335. The van der Waals surface area contributed by atoms with Crippen LogP contribution in [0.15, 0.2) is 60.7 Å². The van der Waals surface area contributed by atoms with E-state index in [4.69, 9.17) is 0 Å². The second kappa shape index (κ2) is 8.28. The highest BCUT2D eigenvalue weighted by Gasteiger charge is 2.29. The van der Waals surface area contributed by atoms with Crippen LogP contribution in [0.2, 0.25) is 0 Å². The van der Waals surface area contributed by atoms with Gasteiger partial charge in [0.2, 0.25) is 0 Å². The van der Waals surface area contributed by atoms with E-state index in [0.29, 0.717) is 25.1 Å². The molecular weight excluding hydrogens is 312 g/mol. The summed E-state index contributed by atoms with van der Waals surface area (Å²) < 4.78 is 0. The Bertz CT molecular complexity index is 675. The summed E-state index contributed by atoms with van der Waals surface area (Å²) in [7, 11) is 2.02. The Kier molecular flexibility index (Phi) is 5.84. The highest BCUT2D eigenvalue weighted by Crippen LogP contribution is 2.21. The molecule has 2 aromatic carbocycles. The normalized spacial score (nSPS) is 21.5. The van der Waals surface area contributed by atoms with Crippen molar-refractivity contribution in [3.05, 3.63) is 71.8 Å². The summed E-state index contributed by atoms with van der Waals surface area (Å²) in [6.45, 7) is 2.11. The van der Waals surface area contributed by atoms with Crippen LogP contribution >= 0.6 is 0 Å². The number of carbonyl (C=O) groups is 1. The van der Waals surface area contributed by atoms with Gasteiger partial charge in [0, 0.05) is 24.7 Å². The van der Waals surface area contributed by atoms with Crippen LogP contribution in [0.1, 0.15) is 28.8 Å². The first-order valence-electron chi connectivity index (χ1n) is 8.90. The monoisotopic (exact) mass is 338 g/mol. The van der Waals surface area contributed by atoms with Crippen LogP contribution in [-0.4, -0.2) is 53.1 Å². The standard InChI is InChI=1S/C21H26N2O2/c1-22-13-12-19(14-20(24)16-22)23(15-17-8-4-2-5-9-17)21(25)18-10-6-3-7-11-18/h2-11,19-20,24H,12-16H2,1H3/t19-,20-/m0/s1. The fraction of sp³-hybridized carbons (Fsp3) is 0.381. The molecule has 1 heterocycles. The third kappa shape index (κ3) is 4.68. The summed E-state index contributed by atoms with van der Waals surface area (Å²) in [4.78, 5) is 17.3. The first-order chi connectivity index (χ1) is 12.1. The molecule has 4 heteroatoms. The highest BCUT2D eigenvalue weighted by molar-refractivity contribution is 5.94. The maximum atomic E-state index is 13.2. The summed E-state index contributed by atoms with van der Waals surface area (Å²) in [5, 5.41) is 10.3. The van der Waals surface area contributed by atoms with E-state index in [1.54, 1.807) is 0 Å². The number of aliphatic hydroxyl groups excluding tert-OH is 1. The minimum atomic E-state index is -0.403. The molecule has 0 saturated carbocycles. The van der Waals surface area contributed by atoms with Gasteiger partial charge in [0.05, 0.1) is 6.10 Å². The lowest BCUT2D eigenvalue weighted by Gasteiger charge is -2.32. The van der Waals surface area contributed by atoms with Gasteiger partial charge in [-0.3, -0.25) is 4.79 Å². The molecule has 1 saturated heterocycles. The van der Waals surface area contributed by atoms with E-state index in [2.05, 4.69) is 4.90 Å². The molecule has 1 N–H and O–H groups in total. The van der Waals surface area contributed by atoms with Crippen molar-refractivity contribution in [1.82, 2.24) is 9.80 Å². The van der Waals surface area contributed by atoms with Gasteiger partial charge in [0.15, 0.2) is 0 Å². The van der Waals surface area contributed by atoms with Crippen LogP contribution in [0.4, 0.5) is 0 Å². The zero-order valence-electron chi connectivity index (χ0n) is 14.7. The third-order valence-corrected chi connectivity index (χ3v) is 4.83. The fourth-order valence-electron chi connectivity index (χ4n) is 3.50. The number of benzene rings is 2. The molecule has 1 aliphatic heterocycles. The second-order valence-corrected chi connectivity index (χ2v) is 6.88. The van der Waals surface area contributed by atoms with Gasteiger partial charge in [-0.25, -0.2) is 0 Å². The number of nitrogens with zero attached hydrogens (tertiary/aromatic N) is 2. The maximum Gasteiger partial charge on any atom is 0.254 e. The Morgan fingerprint density at radius 2 is 1.76 bits per heavy atom. The number of aliphatic hydroxyl groups is 1. The molecule has 25 heavy (non-hydrogen) atoms. The first kappa shape index (κ1) is 17.6. The van der Waals surface area contributed by atoms with E-state index < -0.39 is 6.10 Å². The average Bonchev–Trinajstić information content (AvgIpc) is 2.81. The quantitative estimate of drug-likeness (QED) is 0.932. The van der Waals surface area contributed by atoms with Crippen molar-refractivity contribution in [2.75, 3.05) is 20.1 Å². The number of hydrogen-bond acceptors (Lipinski definition) is 3. The largest absolute Gasteiger partial charge is 0.392 e. The topological polar surface area (TPSA) is 43.8 Å². The van der Waals surface area contributed by atoms with Crippen molar-refractivity contribution >= 4 is 5.91 Å². The van der Waals surface area contributed by atoms with Gasteiger partial charge in [0.1, 0.15) is 0 Å². The van der Waals surface area contributed by atoms with E-state index in [0.717, 1.165) is 18.5 Å². The molecule has 1 fully saturated rings. The van der Waals surface area contributed by atoms with Crippen LogP contribution in [-0.2, 0) is 6.54 Å². The van der Waals surface area contributed by atoms with Crippen molar-refractivity contribution in [3.8, 4) is 0 Å². The van der Waals surface area contributed by atoms with E-state index in [1.165, 1.54) is 0 Å². The van der Waals surface area contributed by atoms with E-state index in [-0.39, 0.29) is 11.9 Å². The van der Waals surface area contributed by atoms with Gasteiger partial charge in [-0.1, -0.05) is 48.5 Å². The maximum absolute atomic E-state index is 13.2. The molecule has 132 valence electrons. The molecule has 1 aliphatic rings. The summed E-state index contributed by atoms with van der Waals surface area (Å²) >= 11 is 0. The molecule has 0 aliphatic carbocycles. The zero-order chi connectivity index (χ0) is 17.6. The van der Waals surface area contributed by atoms with Crippen molar-refractivity contribution in [2.24, 2.45) is 0 Å². The predicted octanol–water partition coefficient (Wildman–Crippen LogP) is 2.78. The molecule has 0 bridgehead atoms. The van der Waals surface area contributed by atoms with Crippen LogP contribution in [0.5, 0.6) is 0 Å². The van der Waals surface area contributed by atoms with Crippen molar-refractivity contribution in [1.29, 1.82) is 0 Å². The smallest absolute Gasteiger partial charge is 0.254 e. The van der Waals surface area contributed by atoms with E-state index in [9.17, 15) is 9.90 Å². The van der Waals surface area contributed by atoms with Gasteiger partial charge < -0.3 is 14.9 Å².